The van der Waals surface area contributed by atoms with Gasteiger partial charge in [0, 0.05) is 37.4 Å². The van der Waals surface area contributed by atoms with Crippen LogP contribution in [0.3, 0.4) is 0 Å². The minimum absolute atomic E-state index is 0.0566. The van der Waals surface area contributed by atoms with E-state index in [0.717, 1.165) is 48.3 Å². The smallest absolute Gasteiger partial charge is 0.383 e. The number of aliphatic hydroxyl groups is 1. The molecule has 8 heteroatoms. The highest BCUT2D eigenvalue weighted by Gasteiger charge is 2.78. The van der Waals surface area contributed by atoms with Crippen molar-refractivity contribution in [2.75, 3.05) is 6.54 Å². The van der Waals surface area contributed by atoms with Gasteiger partial charge in [0.2, 0.25) is 0 Å². The van der Waals surface area contributed by atoms with Crippen LogP contribution in [0.2, 0.25) is 0 Å². The fourth-order valence-electron chi connectivity index (χ4n) is 9.49. The van der Waals surface area contributed by atoms with Gasteiger partial charge in [0.15, 0.2) is 5.78 Å². The molecule has 5 atom stereocenters. The second-order valence-corrected chi connectivity index (χ2v) is 13.9. The Labute approximate surface area is 254 Å². The lowest BCUT2D eigenvalue weighted by atomic mass is 9.53. The molecule has 4 aliphatic carbocycles. The number of halogens is 5. The first-order valence-electron chi connectivity index (χ1n) is 15.8. The monoisotopic (exact) mass is 611 g/mol. The van der Waals surface area contributed by atoms with Crippen molar-refractivity contribution in [1.29, 1.82) is 0 Å². The standard InChI is InChI=1S/C36H38F5NO2/c1-33-15-12-29-28(31(33)13-16-34(33,44)35(37,38)36(39,40)41)11-10-25-18-27(43)19-30(32(25)29)24-8-6-22(7-9-24)20-42-17-14-23-4-2-3-5-26(23)21-42/h2-9,18,28,30-31,44H,10-17,19-21H2,1H3/t28-,30?,31+,33+,34?/m1/s1. The van der Waals surface area contributed by atoms with Crippen LogP contribution in [0.5, 0.6) is 0 Å². The highest BCUT2D eigenvalue weighted by Crippen LogP contribution is 2.68. The molecule has 2 saturated carbocycles. The van der Waals surface area contributed by atoms with Crippen LogP contribution in [0.25, 0.3) is 0 Å². The summed E-state index contributed by atoms with van der Waals surface area (Å²) in [6.45, 7) is 4.17. The molecule has 0 saturated heterocycles. The van der Waals surface area contributed by atoms with Gasteiger partial charge in [-0.3, -0.25) is 9.69 Å². The van der Waals surface area contributed by atoms with Crippen LogP contribution in [0.15, 0.2) is 71.3 Å². The molecule has 5 aliphatic rings. The summed E-state index contributed by atoms with van der Waals surface area (Å²) in [4.78, 5) is 15.3. The van der Waals surface area contributed by atoms with Gasteiger partial charge in [-0.15, -0.1) is 0 Å². The third-order valence-corrected chi connectivity index (χ3v) is 11.8. The fourth-order valence-corrected chi connectivity index (χ4v) is 9.49. The number of benzene rings is 2. The average Bonchev–Trinajstić information content (AvgIpc) is 3.28. The summed E-state index contributed by atoms with van der Waals surface area (Å²) >= 11 is 0. The number of allylic oxidation sites excluding steroid dienone is 4. The molecule has 0 bridgehead atoms. The van der Waals surface area contributed by atoms with Gasteiger partial charge in [-0.25, -0.2) is 0 Å². The van der Waals surface area contributed by atoms with E-state index in [1.54, 1.807) is 6.08 Å². The number of fused-ring (bicyclic) bond motifs is 5. The molecule has 2 aromatic rings. The van der Waals surface area contributed by atoms with Crippen molar-refractivity contribution in [3.8, 4) is 0 Å². The Morgan fingerprint density at radius 3 is 2.39 bits per heavy atom. The van der Waals surface area contributed by atoms with Crippen molar-refractivity contribution in [2.45, 2.75) is 95.0 Å². The van der Waals surface area contributed by atoms with Crippen molar-refractivity contribution >= 4 is 5.78 Å². The highest BCUT2D eigenvalue weighted by molar-refractivity contribution is 5.94. The highest BCUT2D eigenvalue weighted by atomic mass is 19.4. The van der Waals surface area contributed by atoms with Crippen LogP contribution in [-0.4, -0.2) is 40.0 Å². The van der Waals surface area contributed by atoms with E-state index < -0.39 is 35.5 Å². The maximum Gasteiger partial charge on any atom is 0.456 e. The van der Waals surface area contributed by atoms with Crippen molar-refractivity contribution in [1.82, 2.24) is 4.90 Å². The number of ketones is 1. The Bertz CT molecular complexity index is 1540. The first-order valence-corrected chi connectivity index (χ1v) is 15.8. The normalized spacial score (nSPS) is 32.5. The summed E-state index contributed by atoms with van der Waals surface area (Å²) in [6.07, 6.45) is -1.63. The van der Waals surface area contributed by atoms with Crippen LogP contribution in [-0.2, 0) is 24.3 Å². The van der Waals surface area contributed by atoms with Gasteiger partial charge in [-0.05, 0) is 96.3 Å². The number of alkyl halides is 5. The van der Waals surface area contributed by atoms with Gasteiger partial charge in [-0.2, -0.15) is 22.0 Å². The molecule has 1 aliphatic heterocycles. The van der Waals surface area contributed by atoms with Gasteiger partial charge in [-0.1, -0.05) is 61.0 Å². The first kappa shape index (κ1) is 29.8. The van der Waals surface area contributed by atoms with E-state index in [0.29, 0.717) is 25.7 Å². The van der Waals surface area contributed by atoms with Crippen molar-refractivity contribution in [2.24, 2.45) is 17.3 Å². The van der Waals surface area contributed by atoms with Gasteiger partial charge in [0.05, 0.1) is 0 Å². The lowest BCUT2D eigenvalue weighted by Gasteiger charge is -2.53. The number of carbonyl (C=O) groups is 1. The summed E-state index contributed by atoms with van der Waals surface area (Å²) in [5.74, 6) is -5.96. The summed E-state index contributed by atoms with van der Waals surface area (Å²) in [7, 11) is 0. The van der Waals surface area contributed by atoms with Crippen molar-refractivity contribution < 1.29 is 31.9 Å². The zero-order valence-corrected chi connectivity index (χ0v) is 24.9. The Hall–Kier alpha value is -2.84. The second kappa shape index (κ2) is 10.3. The Balaban J connectivity index is 1.16. The second-order valence-electron chi connectivity index (χ2n) is 13.9. The molecule has 3 nitrogen and oxygen atoms in total. The lowest BCUT2D eigenvalue weighted by Crippen LogP contribution is -2.64. The maximum absolute atomic E-state index is 14.9. The van der Waals surface area contributed by atoms with Crippen LogP contribution in [0.1, 0.15) is 80.0 Å². The zero-order valence-electron chi connectivity index (χ0n) is 24.9. The predicted molar refractivity (Wildman–Crippen MR) is 157 cm³/mol. The summed E-state index contributed by atoms with van der Waals surface area (Å²) < 4.78 is 70.4. The molecule has 2 aromatic carbocycles. The maximum atomic E-state index is 14.9. The molecule has 0 spiro atoms. The van der Waals surface area contributed by atoms with Crippen LogP contribution < -0.4 is 0 Å². The number of carbonyl (C=O) groups excluding carboxylic acids is 1. The molecule has 2 unspecified atom stereocenters. The minimum atomic E-state index is -5.82. The molecular weight excluding hydrogens is 573 g/mol. The van der Waals surface area contributed by atoms with E-state index in [-0.39, 0.29) is 30.5 Å². The molecule has 7 rings (SSSR count). The van der Waals surface area contributed by atoms with E-state index in [1.807, 2.05) is 0 Å². The molecule has 0 radical (unpaired) electrons. The Morgan fingerprint density at radius 2 is 1.66 bits per heavy atom. The summed E-state index contributed by atoms with van der Waals surface area (Å²) in [5, 5.41) is 11.1. The van der Waals surface area contributed by atoms with Crippen molar-refractivity contribution in [3.63, 3.8) is 0 Å². The Kier molecular flexibility index (Phi) is 7.02. The van der Waals surface area contributed by atoms with E-state index in [9.17, 15) is 31.9 Å². The van der Waals surface area contributed by atoms with Crippen LogP contribution in [0.4, 0.5) is 22.0 Å². The molecule has 0 amide bonds. The van der Waals surface area contributed by atoms with Gasteiger partial charge >= 0.3 is 12.1 Å². The first-order chi connectivity index (χ1) is 20.8. The van der Waals surface area contributed by atoms with Gasteiger partial charge in [0.25, 0.3) is 0 Å². The quantitative estimate of drug-likeness (QED) is 0.356. The summed E-state index contributed by atoms with van der Waals surface area (Å²) in [5.41, 5.74) is 3.45. The molecule has 1 N–H and O–H groups in total. The van der Waals surface area contributed by atoms with E-state index in [4.69, 9.17) is 0 Å². The largest absolute Gasteiger partial charge is 0.456 e. The minimum Gasteiger partial charge on any atom is -0.383 e. The zero-order chi connectivity index (χ0) is 31.1. The number of hydrogen-bond acceptors (Lipinski definition) is 3. The SMILES string of the molecule is C[C@]12CCC3=C4C(=CC(=O)CC4c4ccc(CN5CCc6ccccc6C5)cc4)CC[C@H]3[C@@H]1CCC2(O)C(F)(F)C(F)(F)F. The van der Waals surface area contributed by atoms with E-state index in [1.165, 1.54) is 23.6 Å². The van der Waals surface area contributed by atoms with E-state index >= 15 is 0 Å². The summed E-state index contributed by atoms with van der Waals surface area (Å²) in [6, 6.07) is 17.0. The van der Waals surface area contributed by atoms with E-state index in [2.05, 4.69) is 53.4 Å². The molecule has 44 heavy (non-hydrogen) atoms. The lowest BCUT2D eigenvalue weighted by molar-refractivity contribution is -0.362. The van der Waals surface area contributed by atoms with Crippen LogP contribution in [0, 0.1) is 17.3 Å². The predicted octanol–water partition coefficient (Wildman–Crippen LogP) is 8.07. The number of rotatable bonds is 4. The Morgan fingerprint density at radius 1 is 0.932 bits per heavy atom. The van der Waals surface area contributed by atoms with Gasteiger partial charge in [0.1, 0.15) is 5.60 Å². The van der Waals surface area contributed by atoms with Crippen molar-refractivity contribution in [3.05, 3.63) is 93.6 Å². The average molecular weight is 612 g/mol. The van der Waals surface area contributed by atoms with Crippen LogP contribution >= 0.6 is 0 Å². The fraction of sp³-hybridized carbons (Fsp3) is 0.528. The molecule has 0 aromatic heterocycles. The number of nitrogens with zero attached hydrogens (tertiary/aromatic N) is 1. The topological polar surface area (TPSA) is 40.5 Å². The van der Waals surface area contributed by atoms with Gasteiger partial charge < -0.3 is 5.11 Å². The molecular formula is C36H38F5NO2. The molecule has 2 fully saturated rings. The third kappa shape index (κ3) is 4.45. The molecule has 234 valence electrons. The number of hydrogen-bond donors (Lipinski definition) is 1. The third-order valence-electron chi connectivity index (χ3n) is 11.8. The molecule has 1 heterocycles.